The molecule has 2 fully saturated rings. The van der Waals surface area contributed by atoms with Gasteiger partial charge in [-0.2, -0.15) is 0 Å². The van der Waals surface area contributed by atoms with Crippen LogP contribution in [-0.2, 0) is 13.8 Å². The molecule has 1 saturated carbocycles. The van der Waals surface area contributed by atoms with Crippen molar-refractivity contribution in [1.82, 2.24) is 0 Å². The average Bonchev–Trinajstić information content (AvgIpc) is 2.66. The molecule has 70 valence electrons. The Hall–Kier alpha value is 0.200. The summed E-state index contributed by atoms with van der Waals surface area (Å²) in [7, 11) is 1.83. The third-order valence-electron chi connectivity index (χ3n) is 2.54. The summed E-state index contributed by atoms with van der Waals surface area (Å²) in [5.41, 5.74) is 0. The fourth-order valence-electron chi connectivity index (χ4n) is 1.62. The molecule has 0 amide bonds. The Labute approximate surface area is 76.5 Å². The van der Waals surface area contributed by atoms with Gasteiger partial charge in [-0.05, 0) is 25.2 Å². The Kier molecular flexibility index (Phi) is 2.09. The minimum absolute atomic E-state index is 0.156. The van der Waals surface area contributed by atoms with E-state index in [0.717, 1.165) is 0 Å². The van der Waals surface area contributed by atoms with Crippen molar-refractivity contribution < 1.29 is 13.2 Å². The van der Waals surface area contributed by atoms with E-state index in [1.54, 1.807) is 0 Å². The third-order valence-corrected chi connectivity index (χ3v) is 4.42. The van der Waals surface area contributed by atoms with E-state index in [2.05, 4.69) is 0 Å². The summed E-state index contributed by atoms with van der Waals surface area (Å²) in [4.78, 5) is 0. The first-order chi connectivity index (χ1) is 5.57. The van der Waals surface area contributed by atoms with E-state index in [1.165, 1.54) is 12.8 Å². The zero-order valence-corrected chi connectivity index (χ0v) is 8.14. The third kappa shape index (κ3) is 1.75. The van der Waals surface area contributed by atoms with Gasteiger partial charge in [0.15, 0.2) is 0 Å². The molecule has 1 aliphatic heterocycles. The van der Waals surface area contributed by atoms with Crippen LogP contribution in [0.15, 0.2) is 0 Å². The molecule has 2 aliphatic rings. The molecule has 0 N–H and O–H groups in total. The molecule has 12 heavy (non-hydrogen) atoms. The number of hydrogen-bond acceptors (Lipinski definition) is 3. The van der Waals surface area contributed by atoms with Crippen LogP contribution >= 0.6 is 10.7 Å². The molecule has 1 aliphatic carbocycles. The molecule has 3 nitrogen and oxygen atoms in total. The van der Waals surface area contributed by atoms with Gasteiger partial charge in [0.05, 0.1) is 12.7 Å². The van der Waals surface area contributed by atoms with Gasteiger partial charge < -0.3 is 4.74 Å². The summed E-state index contributed by atoms with van der Waals surface area (Å²) in [6, 6.07) is 0. The van der Waals surface area contributed by atoms with Gasteiger partial charge in [0.25, 0.3) is 0 Å². The first kappa shape index (κ1) is 8.78. The minimum atomic E-state index is -3.39. The van der Waals surface area contributed by atoms with E-state index in [1.807, 2.05) is 0 Å². The van der Waals surface area contributed by atoms with Gasteiger partial charge in [-0.25, -0.2) is 8.42 Å². The molecule has 0 aromatic heterocycles. The molecule has 2 atom stereocenters. The van der Waals surface area contributed by atoms with E-state index >= 15 is 0 Å². The van der Waals surface area contributed by atoms with Gasteiger partial charge in [0.2, 0.25) is 9.05 Å². The first-order valence-electron chi connectivity index (χ1n) is 4.12. The summed E-state index contributed by atoms with van der Waals surface area (Å²) in [5.74, 6) is 0.605. The molecular weight excluding hydrogens is 200 g/mol. The zero-order chi connectivity index (χ0) is 8.77. The van der Waals surface area contributed by atoms with Crippen LogP contribution in [0.4, 0.5) is 0 Å². The average molecular weight is 211 g/mol. The fourth-order valence-corrected chi connectivity index (χ4v) is 2.65. The summed E-state index contributed by atoms with van der Waals surface area (Å²) in [6.45, 7) is 0.285. The van der Waals surface area contributed by atoms with E-state index in [9.17, 15) is 8.42 Å². The molecule has 1 saturated heterocycles. The van der Waals surface area contributed by atoms with Gasteiger partial charge in [-0.3, -0.25) is 0 Å². The molecule has 2 rings (SSSR count). The smallest absolute Gasteiger partial charge is 0.237 e. The van der Waals surface area contributed by atoms with Crippen LogP contribution in [0.1, 0.15) is 19.3 Å². The highest BCUT2D eigenvalue weighted by atomic mass is 35.7. The van der Waals surface area contributed by atoms with Gasteiger partial charge in [-0.15, -0.1) is 0 Å². The Morgan fingerprint density at radius 3 is 2.42 bits per heavy atom. The zero-order valence-electron chi connectivity index (χ0n) is 6.57. The van der Waals surface area contributed by atoms with Crippen molar-refractivity contribution in [3.8, 4) is 0 Å². The summed E-state index contributed by atoms with van der Waals surface area (Å²) in [5, 5.41) is -0.468. The fraction of sp³-hybridized carbons (Fsp3) is 1.00. The van der Waals surface area contributed by atoms with Crippen LogP contribution in [0.3, 0.4) is 0 Å². The summed E-state index contributed by atoms with van der Waals surface area (Å²) in [6.07, 6.45) is 3.11. The van der Waals surface area contributed by atoms with Crippen molar-refractivity contribution in [2.24, 2.45) is 5.92 Å². The summed E-state index contributed by atoms with van der Waals surface area (Å²) < 4.78 is 27.2. The lowest BCUT2D eigenvalue weighted by Crippen LogP contribution is -2.16. The Morgan fingerprint density at radius 2 is 2.00 bits per heavy atom. The van der Waals surface area contributed by atoms with Crippen LogP contribution in [-0.4, -0.2) is 26.4 Å². The van der Waals surface area contributed by atoms with Crippen molar-refractivity contribution in [3.63, 3.8) is 0 Å². The molecule has 5 heteroatoms. The molecule has 0 bridgehead atoms. The van der Waals surface area contributed by atoms with Gasteiger partial charge in [0.1, 0.15) is 5.25 Å². The van der Waals surface area contributed by atoms with Crippen LogP contribution in [0.5, 0.6) is 0 Å². The monoisotopic (exact) mass is 210 g/mol. The second-order valence-corrected chi connectivity index (χ2v) is 6.45. The Bertz CT molecular complexity index is 270. The predicted molar refractivity (Wildman–Crippen MR) is 45.6 cm³/mol. The standard InChI is InChI=1S/C7H11ClO3S/c8-12(9,10)6-3-7(11-4-6)5-1-2-5/h5-7H,1-4H2. The summed E-state index contributed by atoms with van der Waals surface area (Å²) >= 11 is 0. The highest BCUT2D eigenvalue weighted by Crippen LogP contribution is 2.40. The molecule has 2 unspecified atom stereocenters. The van der Waals surface area contributed by atoms with Crippen LogP contribution < -0.4 is 0 Å². The molecule has 0 aromatic carbocycles. The largest absolute Gasteiger partial charge is 0.376 e. The second-order valence-electron chi connectivity index (χ2n) is 3.54. The molecular formula is C7H11ClO3S. The van der Waals surface area contributed by atoms with Crippen LogP contribution in [0.2, 0.25) is 0 Å². The molecule has 1 heterocycles. The predicted octanol–water partition coefficient (Wildman–Crippen LogP) is 1.12. The second kappa shape index (κ2) is 2.86. The van der Waals surface area contributed by atoms with Gasteiger partial charge in [0, 0.05) is 10.7 Å². The normalized spacial score (nSPS) is 37.1. The number of rotatable bonds is 2. The lowest BCUT2D eigenvalue weighted by atomic mass is 10.2. The topological polar surface area (TPSA) is 43.4 Å². The van der Waals surface area contributed by atoms with E-state index in [0.29, 0.717) is 12.3 Å². The van der Waals surface area contributed by atoms with E-state index in [-0.39, 0.29) is 12.7 Å². The Morgan fingerprint density at radius 1 is 1.33 bits per heavy atom. The number of halogens is 1. The maximum Gasteiger partial charge on any atom is 0.237 e. The van der Waals surface area contributed by atoms with Crippen molar-refractivity contribution in [2.45, 2.75) is 30.6 Å². The molecule has 0 radical (unpaired) electrons. The van der Waals surface area contributed by atoms with Gasteiger partial charge in [-0.1, -0.05) is 0 Å². The molecule has 0 aromatic rings. The van der Waals surface area contributed by atoms with Crippen molar-refractivity contribution >= 4 is 19.7 Å². The minimum Gasteiger partial charge on any atom is -0.376 e. The highest BCUT2D eigenvalue weighted by molar-refractivity contribution is 8.14. The Balaban J connectivity index is 1.97. The number of ether oxygens (including phenoxy) is 1. The quantitative estimate of drug-likeness (QED) is 0.642. The highest BCUT2D eigenvalue weighted by Gasteiger charge is 2.41. The van der Waals surface area contributed by atoms with Crippen LogP contribution in [0.25, 0.3) is 0 Å². The SMILES string of the molecule is O=S(=O)(Cl)C1COC(C2CC2)C1. The van der Waals surface area contributed by atoms with Crippen molar-refractivity contribution in [2.75, 3.05) is 6.61 Å². The maximum absolute atomic E-state index is 10.9. The van der Waals surface area contributed by atoms with Crippen molar-refractivity contribution in [1.29, 1.82) is 0 Å². The number of hydrogen-bond donors (Lipinski definition) is 0. The van der Waals surface area contributed by atoms with E-state index < -0.39 is 14.3 Å². The lowest BCUT2D eigenvalue weighted by Gasteiger charge is -2.04. The maximum atomic E-state index is 10.9. The lowest BCUT2D eigenvalue weighted by molar-refractivity contribution is 0.0944. The van der Waals surface area contributed by atoms with E-state index in [4.69, 9.17) is 15.4 Å². The van der Waals surface area contributed by atoms with Crippen LogP contribution in [0, 0.1) is 5.92 Å². The molecule has 0 spiro atoms. The van der Waals surface area contributed by atoms with Gasteiger partial charge >= 0.3 is 0 Å². The van der Waals surface area contributed by atoms with Crippen molar-refractivity contribution in [3.05, 3.63) is 0 Å². The first-order valence-corrected chi connectivity index (χ1v) is 6.49.